The van der Waals surface area contributed by atoms with Crippen molar-refractivity contribution in [2.24, 2.45) is 5.92 Å². The van der Waals surface area contributed by atoms with Crippen molar-refractivity contribution in [3.8, 4) is 0 Å². The van der Waals surface area contributed by atoms with Gasteiger partial charge in [-0.3, -0.25) is 0 Å². The van der Waals surface area contributed by atoms with Crippen molar-refractivity contribution in [1.82, 2.24) is 10.2 Å². The van der Waals surface area contributed by atoms with Gasteiger partial charge in [-0.15, -0.1) is 0 Å². The van der Waals surface area contributed by atoms with Crippen LogP contribution in [0.15, 0.2) is 0 Å². The summed E-state index contributed by atoms with van der Waals surface area (Å²) in [4.78, 5) is 2.60. The van der Waals surface area contributed by atoms with E-state index in [4.69, 9.17) is 0 Å². The second-order valence-corrected chi connectivity index (χ2v) is 6.30. The van der Waals surface area contributed by atoms with Gasteiger partial charge in [-0.1, -0.05) is 20.8 Å². The van der Waals surface area contributed by atoms with Crippen molar-refractivity contribution in [3.63, 3.8) is 0 Å². The molecule has 114 valence electrons. The summed E-state index contributed by atoms with van der Waals surface area (Å²) in [5, 5.41) is 13.9. The number of piperidine rings is 1. The van der Waals surface area contributed by atoms with Crippen LogP contribution in [0.2, 0.25) is 0 Å². The average Bonchev–Trinajstić information content (AvgIpc) is 2.45. The average molecular weight is 270 g/mol. The van der Waals surface area contributed by atoms with E-state index in [0.717, 1.165) is 25.3 Å². The summed E-state index contributed by atoms with van der Waals surface area (Å²) in [6, 6.07) is 0.504. The van der Waals surface area contributed by atoms with E-state index in [9.17, 15) is 5.11 Å². The number of aliphatic hydroxyl groups is 1. The molecule has 3 nitrogen and oxygen atoms in total. The minimum atomic E-state index is -0.522. The van der Waals surface area contributed by atoms with Crippen molar-refractivity contribution in [1.29, 1.82) is 0 Å². The normalized spacial score (nSPS) is 23.5. The van der Waals surface area contributed by atoms with Gasteiger partial charge in [0.15, 0.2) is 0 Å². The van der Waals surface area contributed by atoms with Gasteiger partial charge in [0, 0.05) is 19.1 Å². The lowest BCUT2D eigenvalue weighted by atomic mass is 9.90. The minimum absolute atomic E-state index is 0.504. The van der Waals surface area contributed by atoms with Gasteiger partial charge in [-0.25, -0.2) is 0 Å². The minimum Gasteiger partial charge on any atom is -0.389 e. The fourth-order valence-electron chi connectivity index (χ4n) is 3.04. The number of likely N-dealkylation sites (tertiary alicyclic amines) is 1. The predicted molar refractivity (Wildman–Crippen MR) is 82.5 cm³/mol. The molecule has 0 saturated carbocycles. The second kappa shape index (κ2) is 8.23. The van der Waals surface area contributed by atoms with Gasteiger partial charge in [0.05, 0.1) is 5.60 Å². The molecule has 0 radical (unpaired) electrons. The molecule has 1 aliphatic heterocycles. The van der Waals surface area contributed by atoms with Crippen LogP contribution in [0.1, 0.15) is 59.8 Å². The Labute approximate surface area is 119 Å². The first-order valence-electron chi connectivity index (χ1n) is 8.22. The molecule has 0 amide bonds. The third-order valence-electron chi connectivity index (χ3n) is 4.86. The molecule has 2 atom stereocenters. The lowest BCUT2D eigenvalue weighted by molar-refractivity contribution is 0.0262. The van der Waals surface area contributed by atoms with E-state index in [-0.39, 0.29) is 0 Å². The third-order valence-corrected chi connectivity index (χ3v) is 4.86. The van der Waals surface area contributed by atoms with Gasteiger partial charge in [-0.05, 0) is 58.0 Å². The topological polar surface area (TPSA) is 35.5 Å². The van der Waals surface area contributed by atoms with E-state index in [1.807, 2.05) is 0 Å². The van der Waals surface area contributed by atoms with Crippen LogP contribution >= 0.6 is 0 Å². The van der Waals surface area contributed by atoms with Crippen molar-refractivity contribution >= 4 is 0 Å². The molecule has 3 heteroatoms. The fourth-order valence-corrected chi connectivity index (χ4v) is 3.04. The maximum atomic E-state index is 10.3. The van der Waals surface area contributed by atoms with Gasteiger partial charge in [0.25, 0.3) is 0 Å². The monoisotopic (exact) mass is 270 g/mol. The molecule has 2 N–H and O–H groups in total. The SMILES string of the molecule is CCCN1CCCC(C(C)NCC(O)(CC)CC)C1. The molecule has 1 fully saturated rings. The summed E-state index contributed by atoms with van der Waals surface area (Å²) in [7, 11) is 0. The molecule has 1 saturated heterocycles. The predicted octanol–water partition coefficient (Wildman–Crippen LogP) is 2.64. The van der Waals surface area contributed by atoms with Gasteiger partial charge >= 0.3 is 0 Å². The van der Waals surface area contributed by atoms with Gasteiger partial charge in [-0.2, -0.15) is 0 Å². The summed E-state index contributed by atoms with van der Waals surface area (Å²) < 4.78 is 0. The first kappa shape index (κ1) is 16.9. The molecule has 0 bridgehead atoms. The lowest BCUT2D eigenvalue weighted by Gasteiger charge is -2.37. The zero-order chi connectivity index (χ0) is 14.3. The summed E-state index contributed by atoms with van der Waals surface area (Å²) in [6.07, 6.45) is 5.55. The smallest absolute Gasteiger partial charge is 0.0766 e. The van der Waals surface area contributed by atoms with E-state index in [1.165, 1.54) is 38.9 Å². The number of hydrogen-bond acceptors (Lipinski definition) is 3. The summed E-state index contributed by atoms with van der Waals surface area (Å²) in [5.74, 6) is 0.735. The Morgan fingerprint density at radius 3 is 2.58 bits per heavy atom. The Morgan fingerprint density at radius 1 is 1.32 bits per heavy atom. The van der Waals surface area contributed by atoms with Crippen LogP contribution in [-0.2, 0) is 0 Å². The van der Waals surface area contributed by atoms with Crippen LogP contribution in [-0.4, -0.2) is 47.8 Å². The molecule has 1 heterocycles. The van der Waals surface area contributed by atoms with E-state index in [2.05, 4.69) is 37.9 Å². The van der Waals surface area contributed by atoms with Crippen LogP contribution in [0.4, 0.5) is 0 Å². The van der Waals surface area contributed by atoms with Crippen LogP contribution in [0.25, 0.3) is 0 Å². The first-order valence-corrected chi connectivity index (χ1v) is 8.22. The van der Waals surface area contributed by atoms with Gasteiger partial charge in [0.2, 0.25) is 0 Å². The van der Waals surface area contributed by atoms with Crippen molar-refractivity contribution in [3.05, 3.63) is 0 Å². The molecule has 0 aliphatic carbocycles. The number of rotatable bonds is 8. The van der Waals surface area contributed by atoms with Crippen LogP contribution in [0, 0.1) is 5.92 Å². The molecule has 0 aromatic carbocycles. The molecule has 0 aromatic heterocycles. The molecular weight excluding hydrogens is 236 g/mol. The lowest BCUT2D eigenvalue weighted by Crippen LogP contribution is -2.49. The highest BCUT2D eigenvalue weighted by molar-refractivity contribution is 4.84. The molecule has 1 aliphatic rings. The molecule has 0 aromatic rings. The summed E-state index contributed by atoms with van der Waals surface area (Å²) in [5.41, 5.74) is -0.522. The van der Waals surface area contributed by atoms with Gasteiger partial charge in [0.1, 0.15) is 0 Å². The van der Waals surface area contributed by atoms with Crippen LogP contribution < -0.4 is 5.32 Å². The number of nitrogens with one attached hydrogen (secondary N) is 1. The zero-order valence-corrected chi connectivity index (χ0v) is 13.4. The quantitative estimate of drug-likeness (QED) is 0.712. The van der Waals surface area contributed by atoms with Crippen LogP contribution in [0.5, 0.6) is 0 Å². The van der Waals surface area contributed by atoms with Crippen molar-refractivity contribution in [2.75, 3.05) is 26.2 Å². The highest BCUT2D eigenvalue weighted by atomic mass is 16.3. The Morgan fingerprint density at radius 2 is 2.00 bits per heavy atom. The fraction of sp³-hybridized carbons (Fsp3) is 1.00. The number of nitrogens with zero attached hydrogens (tertiary/aromatic N) is 1. The number of hydrogen-bond donors (Lipinski definition) is 2. The zero-order valence-electron chi connectivity index (χ0n) is 13.4. The largest absolute Gasteiger partial charge is 0.389 e. The highest BCUT2D eigenvalue weighted by Gasteiger charge is 2.27. The molecule has 1 rings (SSSR count). The maximum absolute atomic E-state index is 10.3. The van der Waals surface area contributed by atoms with E-state index >= 15 is 0 Å². The van der Waals surface area contributed by atoms with E-state index in [1.54, 1.807) is 0 Å². The Hall–Kier alpha value is -0.120. The Bertz CT molecular complexity index is 239. The Kier molecular flexibility index (Phi) is 7.33. The summed E-state index contributed by atoms with van der Waals surface area (Å²) in [6.45, 7) is 13.1. The molecular formula is C16H34N2O. The second-order valence-electron chi connectivity index (χ2n) is 6.30. The van der Waals surface area contributed by atoms with E-state index < -0.39 is 5.60 Å². The van der Waals surface area contributed by atoms with Crippen molar-refractivity contribution < 1.29 is 5.11 Å². The third kappa shape index (κ3) is 5.41. The first-order chi connectivity index (χ1) is 9.04. The molecule has 2 unspecified atom stereocenters. The summed E-state index contributed by atoms with van der Waals surface area (Å²) >= 11 is 0. The van der Waals surface area contributed by atoms with E-state index in [0.29, 0.717) is 6.04 Å². The standard InChI is InChI=1S/C16H34N2O/c1-5-10-18-11-8-9-15(12-18)14(4)17-13-16(19,6-2)7-3/h14-15,17,19H,5-13H2,1-4H3. The van der Waals surface area contributed by atoms with Crippen LogP contribution in [0.3, 0.4) is 0 Å². The van der Waals surface area contributed by atoms with Crippen molar-refractivity contribution in [2.45, 2.75) is 71.4 Å². The Balaban J connectivity index is 2.38. The van der Waals surface area contributed by atoms with Gasteiger partial charge < -0.3 is 15.3 Å². The maximum Gasteiger partial charge on any atom is 0.0766 e. The highest BCUT2D eigenvalue weighted by Crippen LogP contribution is 2.21. The molecule has 0 spiro atoms. The molecule has 19 heavy (non-hydrogen) atoms.